The molecule has 1 atom stereocenters. The first kappa shape index (κ1) is 12.7. The average molecular weight is 286 g/mol. The van der Waals surface area contributed by atoms with Gasteiger partial charge in [0.05, 0.1) is 6.42 Å². The Labute approximate surface area is 102 Å². The maximum absolute atomic E-state index is 11.6. The van der Waals surface area contributed by atoms with Crippen molar-refractivity contribution in [2.45, 2.75) is 19.4 Å². The molecule has 0 bridgehead atoms. The van der Waals surface area contributed by atoms with Crippen molar-refractivity contribution >= 4 is 27.8 Å². The van der Waals surface area contributed by atoms with E-state index in [1.54, 1.807) is 31.2 Å². The van der Waals surface area contributed by atoms with Gasteiger partial charge in [-0.2, -0.15) is 0 Å². The first-order valence-electron chi connectivity index (χ1n) is 4.77. The maximum Gasteiger partial charge on any atom is 0.305 e. The molecule has 0 spiro atoms. The van der Waals surface area contributed by atoms with Crippen LogP contribution >= 0.6 is 15.9 Å². The van der Waals surface area contributed by atoms with Gasteiger partial charge in [0.1, 0.15) is 0 Å². The molecule has 0 saturated heterocycles. The smallest absolute Gasteiger partial charge is 0.305 e. The molecule has 0 aliphatic rings. The monoisotopic (exact) mass is 285 g/mol. The van der Waals surface area contributed by atoms with Crippen molar-refractivity contribution in [2.75, 3.05) is 0 Å². The molecule has 4 nitrogen and oxygen atoms in total. The highest BCUT2D eigenvalue weighted by Gasteiger charge is 2.12. The summed E-state index contributed by atoms with van der Waals surface area (Å²) in [5.74, 6) is -1.19. The molecule has 0 aromatic heterocycles. The number of carboxylic acid groups (broad SMARTS) is 1. The van der Waals surface area contributed by atoms with Crippen molar-refractivity contribution in [3.8, 4) is 0 Å². The Kier molecular flexibility index (Phi) is 4.49. The maximum atomic E-state index is 11.6. The second-order valence-corrected chi connectivity index (χ2v) is 4.39. The Morgan fingerprint density at radius 1 is 1.38 bits per heavy atom. The van der Waals surface area contributed by atoms with Crippen LogP contribution in [0, 0.1) is 0 Å². The third kappa shape index (κ3) is 4.02. The highest BCUT2D eigenvalue weighted by Crippen LogP contribution is 2.10. The van der Waals surface area contributed by atoms with E-state index in [0.29, 0.717) is 5.56 Å². The minimum absolute atomic E-state index is 0.0811. The lowest BCUT2D eigenvalue weighted by Crippen LogP contribution is -2.34. The molecule has 5 heteroatoms. The second-order valence-electron chi connectivity index (χ2n) is 3.48. The highest BCUT2D eigenvalue weighted by molar-refractivity contribution is 9.10. The minimum atomic E-state index is -0.927. The molecule has 0 heterocycles. The van der Waals surface area contributed by atoms with Gasteiger partial charge in [-0.3, -0.25) is 9.59 Å². The highest BCUT2D eigenvalue weighted by atomic mass is 79.9. The van der Waals surface area contributed by atoms with Gasteiger partial charge >= 0.3 is 5.97 Å². The molecule has 0 saturated carbocycles. The first-order chi connectivity index (χ1) is 7.49. The summed E-state index contributed by atoms with van der Waals surface area (Å²) in [6.07, 6.45) is -0.0811. The van der Waals surface area contributed by atoms with E-state index in [4.69, 9.17) is 5.11 Å². The van der Waals surface area contributed by atoms with Gasteiger partial charge in [-0.15, -0.1) is 0 Å². The SMILES string of the molecule is CC(CC(=O)O)NC(=O)c1ccc(Br)cc1. The number of aliphatic carboxylic acids is 1. The summed E-state index contributed by atoms with van der Waals surface area (Å²) in [4.78, 5) is 22.0. The standard InChI is InChI=1S/C11H12BrNO3/c1-7(6-10(14)15)13-11(16)8-2-4-9(12)5-3-8/h2-5,7H,6H2,1H3,(H,13,16)(H,14,15). The summed E-state index contributed by atoms with van der Waals surface area (Å²) in [7, 11) is 0. The number of hydrogen-bond donors (Lipinski definition) is 2. The third-order valence-electron chi connectivity index (χ3n) is 1.96. The van der Waals surface area contributed by atoms with Crippen LogP contribution in [0.4, 0.5) is 0 Å². The minimum Gasteiger partial charge on any atom is -0.481 e. The van der Waals surface area contributed by atoms with Gasteiger partial charge in [0.15, 0.2) is 0 Å². The fraction of sp³-hybridized carbons (Fsp3) is 0.273. The van der Waals surface area contributed by atoms with Crippen LogP contribution in [0.1, 0.15) is 23.7 Å². The van der Waals surface area contributed by atoms with E-state index >= 15 is 0 Å². The molecule has 16 heavy (non-hydrogen) atoms. The Hall–Kier alpha value is -1.36. The molecule has 1 amide bonds. The van der Waals surface area contributed by atoms with E-state index in [1.165, 1.54) is 0 Å². The molecule has 0 aliphatic carbocycles. The average Bonchev–Trinajstić information content (AvgIpc) is 2.16. The lowest BCUT2D eigenvalue weighted by molar-refractivity contribution is -0.137. The number of hydrogen-bond acceptors (Lipinski definition) is 2. The largest absolute Gasteiger partial charge is 0.481 e. The molecule has 1 aromatic carbocycles. The van der Waals surface area contributed by atoms with Crippen molar-refractivity contribution in [2.24, 2.45) is 0 Å². The number of carbonyl (C=O) groups excluding carboxylic acids is 1. The number of benzene rings is 1. The second kappa shape index (κ2) is 5.65. The summed E-state index contributed by atoms with van der Waals surface area (Å²) in [6, 6.07) is 6.49. The number of nitrogens with one attached hydrogen (secondary N) is 1. The third-order valence-corrected chi connectivity index (χ3v) is 2.49. The number of amides is 1. The van der Waals surface area contributed by atoms with E-state index in [2.05, 4.69) is 21.2 Å². The number of rotatable bonds is 4. The van der Waals surface area contributed by atoms with E-state index in [-0.39, 0.29) is 18.4 Å². The van der Waals surface area contributed by atoms with E-state index in [9.17, 15) is 9.59 Å². The molecule has 2 N–H and O–H groups in total. The Morgan fingerprint density at radius 2 is 1.94 bits per heavy atom. The van der Waals surface area contributed by atoms with Crippen molar-refractivity contribution < 1.29 is 14.7 Å². The Bertz CT molecular complexity index is 389. The predicted molar refractivity (Wildman–Crippen MR) is 63.3 cm³/mol. The first-order valence-corrected chi connectivity index (χ1v) is 5.56. The molecular formula is C11H12BrNO3. The van der Waals surface area contributed by atoms with E-state index < -0.39 is 5.97 Å². The number of halogens is 1. The Morgan fingerprint density at radius 3 is 2.44 bits per heavy atom. The lowest BCUT2D eigenvalue weighted by atomic mass is 10.2. The van der Waals surface area contributed by atoms with Crippen molar-refractivity contribution in [3.05, 3.63) is 34.3 Å². The van der Waals surface area contributed by atoms with Gasteiger partial charge in [-0.05, 0) is 31.2 Å². The molecule has 86 valence electrons. The van der Waals surface area contributed by atoms with Crippen LogP contribution in [0.2, 0.25) is 0 Å². The zero-order valence-corrected chi connectivity index (χ0v) is 10.3. The van der Waals surface area contributed by atoms with Gasteiger partial charge in [-0.25, -0.2) is 0 Å². The molecule has 0 aliphatic heterocycles. The van der Waals surface area contributed by atoms with E-state index in [1.807, 2.05) is 0 Å². The topological polar surface area (TPSA) is 66.4 Å². The zero-order chi connectivity index (χ0) is 12.1. The summed E-state index contributed by atoms with van der Waals surface area (Å²) in [6.45, 7) is 1.66. The van der Waals surface area contributed by atoms with Crippen LogP contribution in [0.15, 0.2) is 28.7 Å². The van der Waals surface area contributed by atoms with E-state index in [0.717, 1.165) is 4.47 Å². The van der Waals surface area contributed by atoms with Crippen molar-refractivity contribution in [3.63, 3.8) is 0 Å². The molecule has 1 aromatic rings. The predicted octanol–water partition coefficient (Wildman–Crippen LogP) is 2.04. The number of carboxylic acids is 1. The zero-order valence-electron chi connectivity index (χ0n) is 8.74. The Balaban J connectivity index is 2.58. The van der Waals surface area contributed by atoms with Crippen LogP contribution in [-0.4, -0.2) is 23.0 Å². The number of carbonyl (C=O) groups is 2. The van der Waals surface area contributed by atoms with Crippen LogP contribution in [-0.2, 0) is 4.79 Å². The van der Waals surface area contributed by atoms with Gasteiger partial charge in [0.2, 0.25) is 0 Å². The fourth-order valence-electron chi connectivity index (χ4n) is 1.22. The van der Waals surface area contributed by atoms with Crippen molar-refractivity contribution in [1.82, 2.24) is 5.32 Å². The van der Waals surface area contributed by atoms with Crippen LogP contribution in [0.3, 0.4) is 0 Å². The fourth-order valence-corrected chi connectivity index (χ4v) is 1.49. The van der Waals surface area contributed by atoms with Crippen molar-refractivity contribution in [1.29, 1.82) is 0 Å². The van der Waals surface area contributed by atoms with Gasteiger partial charge in [-0.1, -0.05) is 15.9 Å². The molecule has 1 unspecified atom stereocenters. The summed E-state index contributed by atoms with van der Waals surface area (Å²) in [5, 5.41) is 11.2. The summed E-state index contributed by atoms with van der Waals surface area (Å²) in [5.41, 5.74) is 0.514. The van der Waals surface area contributed by atoms with Crippen LogP contribution in [0.5, 0.6) is 0 Å². The van der Waals surface area contributed by atoms with Crippen LogP contribution < -0.4 is 5.32 Å². The quantitative estimate of drug-likeness (QED) is 0.890. The normalized spacial score (nSPS) is 11.9. The van der Waals surface area contributed by atoms with Gasteiger partial charge in [0, 0.05) is 16.1 Å². The van der Waals surface area contributed by atoms with Gasteiger partial charge < -0.3 is 10.4 Å². The molecule has 0 fully saturated rings. The van der Waals surface area contributed by atoms with Crippen LogP contribution in [0.25, 0.3) is 0 Å². The lowest BCUT2D eigenvalue weighted by Gasteiger charge is -2.11. The summed E-state index contributed by atoms with van der Waals surface area (Å²) >= 11 is 3.27. The molecule has 0 radical (unpaired) electrons. The van der Waals surface area contributed by atoms with Gasteiger partial charge in [0.25, 0.3) is 5.91 Å². The molecule has 1 rings (SSSR count). The summed E-state index contributed by atoms with van der Waals surface area (Å²) < 4.78 is 0.891. The molecular weight excluding hydrogens is 274 g/mol.